The van der Waals surface area contributed by atoms with E-state index in [1.54, 1.807) is 0 Å². The van der Waals surface area contributed by atoms with E-state index in [0.717, 1.165) is 32.2 Å². The van der Waals surface area contributed by atoms with Crippen LogP contribution in [0.15, 0.2) is 24.3 Å². The average Bonchev–Trinajstić information content (AvgIpc) is 2.60. The summed E-state index contributed by atoms with van der Waals surface area (Å²) in [6.07, 6.45) is 5.44. The fraction of sp³-hybridized carbons (Fsp3) is 0.632. The van der Waals surface area contributed by atoms with Crippen LogP contribution in [-0.2, 0) is 11.8 Å². The molecule has 1 heterocycles. The van der Waals surface area contributed by atoms with E-state index in [-0.39, 0.29) is 24.0 Å². The summed E-state index contributed by atoms with van der Waals surface area (Å²) in [7, 11) is 0. The van der Waals surface area contributed by atoms with Gasteiger partial charge in [0.15, 0.2) is 0 Å². The molecule has 1 saturated heterocycles. The van der Waals surface area contributed by atoms with E-state index in [4.69, 9.17) is 0 Å². The zero-order chi connectivity index (χ0) is 16.3. The van der Waals surface area contributed by atoms with Crippen molar-refractivity contribution in [2.75, 3.05) is 26.2 Å². The molecule has 2 amide bonds. The lowest BCUT2D eigenvalue weighted by atomic mass is 9.71. The van der Waals surface area contributed by atoms with E-state index in [9.17, 15) is 9.90 Å². The number of urea groups is 1. The Bertz CT molecular complexity index is 560. The molecule has 4 nitrogen and oxygen atoms in total. The molecule has 0 bridgehead atoms. The maximum absolute atomic E-state index is 12.5. The Morgan fingerprint density at radius 2 is 2.22 bits per heavy atom. The monoisotopic (exact) mass is 316 g/mol. The van der Waals surface area contributed by atoms with E-state index in [2.05, 4.69) is 36.5 Å². The zero-order valence-electron chi connectivity index (χ0n) is 14.1. The summed E-state index contributed by atoms with van der Waals surface area (Å²) in [4.78, 5) is 14.4. The van der Waals surface area contributed by atoms with Crippen molar-refractivity contribution in [3.05, 3.63) is 35.4 Å². The van der Waals surface area contributed by atoms with Crippen LogP contribution in [-0.4, -0.2) is 42.3 Å². The Kier molecular flexibility index (Phi) is 4.90. The first kappa shape index (κ1) is 16.3. The van der Waals surface area contributed by atoms with Crippen LogP contribution in [0.25, 0.3) is 0 Å². The lowest BCUT2D eigenvalue weighted by Crippen LogP contribution is -2.49. The molecule has 1 aromatic rings. The van der Waals surface area contributed by atoms with Gasteiger partial charge < -0.3 is 15.3 Å². The third-order valence-corrected chi connectivity index (χ3v) is 5.54. The SMILES string of the molecule is C[C@]1(CNC(=O)N2CCC[C@H](CO)C2)CCCc2ccccc21. The number of nitrogens with one attached hydrogen (secondary N) is 1. The molecule has 1 fully saturated rings. The molecule has 126 valence electrons. The summed E-state index contributed by atoms with van der Waals surface area (Å²) in [5.41, 5.74) is 2.84. The van der Waals surface area contributed by atoms with Gasteiger partial charge >= 0.3 is 6.03 Å². The molecule has 4 heteroatoms. The second-order valence-corrected chi connectivity index (χ2v) is 7.37. The highest BCUT2D eigenvalue weighted by molar-refractivity contribution is 5.74. The highest BCUT2D eigenvalue weighted by Crippen LogP contribution is 2.36. The quantitative estimate of drug-likeness (QED) is 0.901. The number of benzene rings is 1. The minimum atomic E-state index is 0.0208. The molecule has 0 unspecified atom stereocenters. The van der Waals surface area contributed by atoms with E-state index in [1.165, 1.54) is 17.5 Å². The Morgan fingerprint density at radius 1 is 1.39 bits per heavy atom. The molecule has 2 atom stereocenters. The summed E-state index contributed by atoms with van der Waals surface area (Å²) >= 11 is 0. The fourth-order valence-corrected chi connectivity index (χ4v) is 4.10. The smallest absolute Gasteiger partial charge is 0.317 e. The molecule has 0 spiro atoms. The van der Waals surface area contributed by atoms with Crippen LogP contribution in [0.4, 0.5) is 4.79 Å². The number of aryl methyl sites for hydroxylation is 1. The molecule has 1 aliphatic heterocycles. The molecule has 3 rings (SSSR count). The van der Waals surface area contributed by atoms with Gasteiger partial charge in [-0.2, -0.15) is 0 Å². The molecular formula is C19H28N2O2. The first-order valence-electron chi connectivity index (χ1n) is 8.84. The summed E-state index contributed by atoms with van der Waals surface area (Å²) in [6, 6.07) is 8.65. The zero-order valence-corrected chi connectivity index (χ0v) is 14.1. The van der Waals surface area contributed by atoms with Crippen LogP contribution in [0.3, 0.4) is 0 Å². The topological polar surface area (TPSA) is 52.6 Å². The summed E-state index contributed by atoms with van der Waals surface area (Å²) in [5.74, 6) is 0.237. The average molecular weight is 316 g/mol. The van der Waals surface area contributed by atoms with Crippen LogP contribution in [0.5, 0.6) is 0 Å². The highest BCUT2D eigenvalue weighted by Gasteiger charge is 2.33. The van der Waals surface area contributed by atoms with E-state index in [0.29, 0.717) is 13.1 Å². The number of fused-ring (bicyclic) bond motifs is 1. The van der Waals surface area contributed by atoms with Crippen LogP contribution in [0.1, 0.15) is 43.7 Å². The number of aliphatic hydroxyl groups excluding tert-OH is 1. The van der Waals surface area contributed by atoms with Gasteiger partial charge in [-0.15, -0.1) is 0 Å². The van der Waals surface area contributed by atoms with Crippen molar-refractivity contribution in [1.82, 2.24) is 10.2 Å². The Balaban J connectivity index is 1.63. The number of nitrogens with zero attached hydrogens (tertiary/aromatic N) is 1. The van der Waals surface area contributed by atoms with Crippen LogP contribution in [0.2, 0.25) is 0 Å². The van der Waals surface area contributed by atoms with Gasteiger partial charge in [-0.3, -0.25) is 0 Å². The fourth-order valence-electron chi connectivity index (χ4n) is 4.10. The number of likely N-dealkylation sites (tertiary alicyclic amines) is 1. The Labute approximate surface area is 138 Å². The van der Waals surface area contributed by atoms with E-state index >= 15 is 0 Å². The molecule has 0 radical (unpaired) electrons. The lowest BCUT2D eigenvalue weighted by Gasteiger charge is -2.38. The normalized spacial score (nSPS) is 27.4. The van der Waals surface area contributed by atoms with Crippen molar-refractivity contribution in [3.8, 4) is 0 Å². The maximum Gasteiger partial charge on any atom is 0.317 e. The Hall–Kier alpha value is -1.55. The summed E-state index contributed by atoms with van der Waals surface area (Å²) in [6.45, 7) is 4.60. The molecule has 1 aliphatic carbocycles. The van der Waals surface area contributed by atoms with Crippen LogP contribution < -0.4 is 5.32 Å². The van der Waals surface area contributed by atoms with Crippen molar-refractivity contribution in [2.45, 2.75) is 44.4 Å². The second kappa shape index (κ2) is 6.91. The van der Waals surface area contributed by atoms with Crippen LogP contribution in [0, 0.1) is 5.92 Å². The van der Waals surface area contributed by atoms with Gasteiger partial charge in [-0.05, 0) is 49.1 Å². The number of amides is 2. The van der Waals surface area contributed by atoms with Gasteiger partial charge in [0.1, 0.15) is 0 Å². The van der Waals surface area contributed by atoms with Gasteiger partial charge in [0, 0.05) is 31.7 Å². The number of piperidine rings is 1. The van der Waals surface area contributed by atoms with Crippen molar-refractivity contribution in [1.29, 1.82) is 0 Å². The lowest BCUT2D eigenvalue weighted by molar-refractivity contribution is 0.128. The Morgan fingerprint density at radius 3 is 3.04 bits per heavy atom. The number of rotatable bonds is 3. The van der Waals surface area contributed by atoms with E-state index < -0.39 is 0 Å². The van der Waals surface area contributed by atoms with Gasteiger partial charge in [0.25, 0.3) is 0 Å². The van der Waals surface area contributed by atoms with Gasteiger partial charge in [0.05, 0.1) is 0 Å². The second-order valence-electron chi connectivity index (χ2n) is 7.37. The maximum atomic E-state index is 12.5. The molecule has 0 aromatic heterocycles. The van der Waals surface area contributed by atoms with Crippen molar-refractivity contribution in [2.24, 2.45) is 5.92 Å². The molecule has 2 aliphatic rings. The molecule has 2 N–H and O–H groups in total. The third-order valence-electron chi connectivity index (χ3n) is 5.54. The van der Waals surface area contributed by atoms with Crippen molar-refractivity contribution < 1.29 is 9.90 Å². The number of hydrogen-bond acceptors (Lipinski definition) is 2. The number of carbonyl (C=O) groups is 1. The van der Waals surface area contributed by atoms with Gasteiger partial charge in [-0.1, -0.05) is 31.2 Å². The number of aliphatic hydroxyl groups is 1. The van der Waals surface area contributed by atoms with Crippen molar-refractivity contribution in [3.63, 3.8) is 0 Å². The van der Waals surface area contributed by atoms with Crippen LogP contribution >= 0.6 is 0 Å². The molecule has 1 aromatic carbocycles. The van der Waals surface area contributed by atoms with Gasteiger partial charge in [0.2, 0.25) is 0 Å². The largest absolute Gasteiger partial charge is 0.396 e. The molecule has 0 saturated carbocycles. The summed E-state index contributed by atoms with van der Waals surface area (Å²) < 4.78 is 0. The first-order valence-corrected chi connectivity index (χ1v) is 8.84. The number of carbonyl (C=O) groups excluding carboxylic acids is 1. The van der Waals surface area contributed by atoms with Gasteiger partial charge in [-0.25, -0.2) is 4.79 Å². The number of hydrogen-bond donors (Lipinski definition) is 2. The standard InChI is InChI=1S/C19H28N2O2/c1-19(10-4-8-16-7-2-3-9-17(16)19)14-20-18(23)21-11-5-6-15(12-21)13-22/h2-3,7,9,15,22H,4-6,8,10-14H2,1H3,(H,20,23)/t15-,19+/m0/s1. The minimum Gasteiger partial charge on any atom is -0.396 e. The minimum absolute atomic E-state index is 0.0208. The highest BCUT2D eigenvalue weighted by atomic mass is 16.3. The third kappa shape index (κ3) is 3.52. The predicted octanol–water partition coefficient (Wildman–Crippen LogP) is 2.69. The molecule has 23 heavy (non-hydrogen) atoms. The van der Waals surface area contributed by atoms with Crippen molar-refractivity contribution >= 4 is 6.03 Å². The molecular weight excluding hydrogens is 288 g/mol. The predicted molar refractivity (Wildman–Crippen MR) is 91.5 cm³/mol. The van der Waals surface area contributed by atoms with E-state index in [1.807, 2.05) is 4.90 Å². The first-order chi connectivity index (χ1) is 11.1. The summed E-state index contributed by atoms with van der Waals surface area (Å²) in [5, 5.41) is 12.5.